The number of nitrogens with zero attached hydrogens (tertiary/aromatic N) is 1. The Morgan fingerprint density at radius 3 is 2.42 bits per heavy atom. The zero-order valence-electron chi connectivity index (χ0n) is 12.4. The summed E-state index contributed by atoms with van der Waals surface area (Å²) in [5.41, 5.74) is 1.34. The van der Waals surface area contributed by atoms with Gasteiger partial charge >= 0.3 is 0 Å². The van der Waals surface area contributed by atoms with Gasteiger partial charge in [-0.15, -0.1) is 0 Å². The zero-order valence-corrected chi connectivity index (χ0v) is 12.4. The van der Waals surface area contributed by atoms with E-state index in [4.69, 9.17) is 9.84 Å². The highest BCUT2D eigenvalue weighted by molar-refractivity contribution is 5.27. The molecule has 1 N–H and O–H groups in total. The number of unbranched alkanes of at least 4 members (excludes halogenated alkanes) is 1. The minimum Gasteiger partial charge on any atom is -0.497 e. The molecular weight excluding hydrogens is 238 g/mol. The lowest BCUT2D eigenvalue weighted by Crippen LogP contribution is -2.35. The number of aliphatic hydroxyl groups is 1. The number of benzene rings is 1. The Morgan fingerprint density at radius 2 is 1.89 bits per heavy atom. The van der Waals surface area contributed by atoms with Gasteiger partial charge in [0.2, 0.25) is 0 Å². The summed E-state index contributed by atoms with van der Waals surface area (Å²) in [6.07, 6.45) is 3.01. The molecule has 108 valence electrons. The number of hydrogen-bond donors (Lipinski definition) is 1. The van der Waals surface area contributed by atoms with Gasteiger partial charge in [-0.3, -0.25) is 0 Å². The van der Waals surface area contributed by atoms with Crippen LogP contribution < -0.4 is 4.74 Å². The van der Waals surface area contributed by atoms with Crippen molar-refractivity contribution < 1.29 is 9.84 Å². The van der Waals surface area contributed by atoms with E-state index < -0.39 is 0 Å². The molecule has 3 nitrogen and oxygen atoms in total. The average Bonchev–Trinajstić information content (AvgIpc) is 2.44. The van der Waals surface area contributed by atoms with Gasteiger partial charge in [0.15, 0.2) is 0 Å². The first-order valence-electron chi connectivity index (χ1n) is 7.19. The van der Waals surface area contributed by atoms with Gasteiger partial charge in [-0.05, 0) is 57.0 Å². The Bertz CT molecular complexity index is 337. The molecule has 0 radical (unpaired) electrons. The largest absolute Gasteiger partial charge is 0.497 e. The van der Waals surface area contributed by atoms with Crippen molar-refractivity contribution in [3.05, 3.63) is 29.8 Å². The van der Waals surface area contributed by atoms with Crippen LogP contribution in [0, 0.1) is 0 Å². The van der Waals surface area contributed by atoms with E-state index in [0.29, 0.717) is 12.6 Å². The van der Waals surface area contributed by atoms with Crippen LogP contribution in [0.1, 0.15) is 32.3 Å². The van der Waals surface area contributed by atoms with E-state index in [1.165, 1.54) is 5.56 Å². The van der Waals surface area contributed by atoms with E-state index in [1.54, 1.807) is 7.11 Å². The second-order valence-corrected chi connectivity index (χ2v) is 4.96. The summed E-state index contributed by atoms with van der Waals surface area (Å²) in [5.74, 6) is 0.909. The maximum atomic E-state index is 8.84. The molecule has 1 aromatic carbocycles. The second-order valence-electron chi connectivity index (χ2n) is 4.96. The van der Waals surface area contributed by atoms with Crippen molar-refractivity contribution in [1.82, 2.24) is 4.90 Å². The molecule has 19 heavy (non-hydrogen) atoms. The molecule has 1 atom stereocenters. The molecule has 1 aromatic rings. The Hall–Kier alpha value is -1.06. The van der Waals surface area contributed by atoms with Crippen LogP contribution in [0.2, 0.25) is 0 Å². The summed E-state index contributed by atoms with van der Waals surface area (Å²) < 4.78 is 5.17. The van der Waals surface area contributed by atoms with E-state index >= 15 is 0 Å². The fourth-order valence-electron chi connectivity index (χ4n) is 2.35. The minimum absolute atomic E-state index is 0.296. The van der Waals surface area contributed by atoms with Crippen molar-refractivity contribution in [2.24, 2.45) is 0 Å². The number of ether oxygens (including phenoxy) is 1. The van der Waals surface area contributed by atoms with Crippen molar-refractivity contribution in [2.75, 3.05) is 26.8 Å². The zero-order chi connectivity index (χ0) is 14.1. The highest BCUT2D eigenvalue weighted by Gasteiger charge is 2.12. The molecule has 0 aliphatic rings. The van der Waals surface area contributed by atoms with Gasteiger partial charge < -0.3 is 14.7 Å². The molecule has 0 saturated heterocycles. The van der Waals surface area contributed by atoms with Crippen molar-refractivity contribution in [3.63, 3.8) is 0 Å². The predicted octanol–water partition coefficient (Wildman–Crippen LogP) is 2.72. The van der Waals surface area contributed by atoms with E-state index in [0.717, 1.165) is 38.1 Å². The molecule has 1 rings (SSSR count). The van der Waals surface area contributed by atoms with Gasteiger partial charge in [0.05, 0.1) is 7.11 Å². The van der Waals surface area contributed by atoms with Crippen LogP contribution in [0.25, 0.3) is 0 Å². The van der Waals surface area contributed by atoms with E-state index in [1.807, 2.05) is 12.1 Å². The molecule has 0 aromatic heterocycles. The third kappa shape index (κ3) is 5.62. The summed E-state index contributed by atoms with van der Waals surface area (Å²) in [7, 11) is 1.69. The minimum atomic E-state index is 0.296. The van der Waals surface area contributed by atoms with Crippen molar-refractivity contribution in [2.45, 2.75) is 39.2 Å². The van der Waals surface area contributed by atoms with Gasteiger partial charge in [-0.1, -0.05) is 19.1 Å². The van der Waals surface area contributed by atoms with Crippen LogP contribution in [-0.2, 0) is 6.42 Å². The predicted molar refractivity (Wildman–Crippen MR) is 79.7 cm³/mol. The maximum Gasteiger partial charge on any atom is 0.118 e. The average molecular weight is 265 g/mol. The van der Waals surface area contributed by atoms with Gasteiger partial charge in [0, 0.05) is 12.6 Å². The van der Waals surface area contributed by atoms with Crippen LogP contribution in [0.5, 0.6) is 5.75 Å². The quantitative estimate of drug-likeness (QED) is 0.697. The Kier molecular flexibility index (Phi) is 7.53. The number of methoxy groups -OCH3 is 1. The molecular formula is C16H27NO2. The smallest absolute Gasteiger partial charge is 0.118 e. The van der Waals surface area contributed by atoms with Gasteiger partial charge in [-0.2, -0.15) is 0 Å². The first-order chi connectivity index (χ1) is 9.21. The lowest BCUT2D eigenvalue weighted by Gasteiger charge is -2.28. The van der Waals surface area contributed by atoms with Crippen LogP contribution in [-0.4, -0.2) is 42.9 Å². The molecule has 0 spiro atoms. The van der Waals surface area contributed by atoms with Crippen molar-refractivity contribution in [1.29, 1.82) is 0 Å². The van der Waals surface area contributed by atoms with Crippen LogP contribution in [0.4, 0.5) is 0 Å². The van der Waals surface area contributed by atoms with Crippen molar-refractivity contribution >= 4 is 0 Å². The first-order valence-corrected chi connectivity index (χ1v) is 7.19. The second kappa shape index (κ2) is 8.94. The summed E-state index contributed by atoms with van der Waals surface area (Å²) in [5, 5.41) is 8.84. The third-order valence-electron chi connectivity index (χ3n) is 3.57. The van der Waals surface area contributed by atoms with Crippen LogP contribution in [0.3, 0.4) is 0 Å². The summed E-state index contributed by atoms with van der Waals surface area (Å²) in [6.45, 7) is 6.89. The van der Waals surface area contributed by atoms with E-state index in [-0.39, 0.29) is 0 Å². The monoisotopic (exact) mass is 265 g/mol. The molecule has 0 heterocycles. The number of rotatable bonds is 9. The lowest BCUT2D eigenvalue weighted by atomic mass is 10.1. The molecule has 1 unspecified atom stereocenters. The van der Waals surface area contributed by atoms with Gasteiger partial charge in [0.25, 0.3) is 0 Å². The molecule has 0 saturated carbocycles. The van der Waals surface area contributed by atoms with E-state index in [2.05, 4.69) is 30.9 Å². The molecule has 0 amide bonds. The number of likely N-dealkylation sites (N-methyl/N-ethyl adjacent to an activating group) is 1. The third-order valence-corrected chi connectivity index (χ3v) is 3.57. The summed E-state index contributed by atoms with van der Waals surface area (Å²) in [6, 6.07) is 8.83. The Morgan fingerprint density at radius 1 is 1.21 bits per heavy atom. The topological polar surface area (TPSA) is 32.7 Å². The van der Waals surface area contributed by atoms with Crippen LogP contribution in [0.15, 0.2) is 24.3 Å². The van der Waals surface area contributed by atoms with Gasteiger partial charge in [-0.25, -0.2) is 0 Å². The fourth-order valence-corrected chi connectivity index (χ4v) is 2.35. The summed E-state index contributed by atoms with van der Waals surface area (Å²) in [4.78, 5) is 2.47. The molecule has 3 heteroatoms. The Balaban J connectivity index is 2.47. The molecule has 0 aliphatic carbocycles. The molecule has 0 aliphatic heterocycles. The Labute approximate surface area is 117 Å². The SMILES string of the molecule is CCN(CCCCO)C(C)Cc1ccc(OC)cc1. The van der Waals surface area contributed by atoms with Crippen molar-refractivity contribution in [3.8, 4) is 5.75 Å². The normalized spacial score (nSPS) is 12.7. The molecule has 0 fully saturated rings. The molecule has 0 bridgehead atoms. The standard InChI is InChI=1S/C16H27NO2/c1-4-17(11-5-6-12-18)14(2)13-15-7-9-16(19-3)10-8-15/h7-10,14,18H,4-6,11-13H2,1-3H3. The highest BCUT2D eigenvalue weighted by atomic mass is 16.5. The summed E-state index contributed by atoms with van der Waals surface area (Å²) >= 11 is 0. The maximum absolute atomic E-state index is 8.84. The number of hydrogen-bond acceptors (Lipinski definition) is 3. The fraction of sp³-hybridized carbons (Fsp3) is 0.625. The van der Waals surface area contributed by atoms with Crippen LogP contribution >= 0.6 is 0 Å². The first kappa shape index (κ1) is 16.0. The van der Waals surface area contributed by atoms with Gasteiger partial charge in [0.1, 0.15) is 5.75 Å². The van der Waals surface area contributed by atoms with E-state index in [9.17, 15) is 0 Å². The number of aliphatic hydroxyl groups excluding tert-OH is 1. The lowest BCUT2D eigenvalue weighted by molar-refractivity contribution is 0.203. The highest BCUT2D eigenvalue weighted by Crippen LogP contribution is 2.14.